The van der Waals surface area contributed by atoms with E-state index in [-0.39, 0.29) is 0 Å². The quantitative estimate of drug-likeness (QED) is 0.614. The van der Waals surface area contributed by atoms with E-state index < -0.39 is 13.2 Å². The molecule has 0 saturated heterocycles. The fourth-order valence-electron chi connectivity index (χ4n) is 0.887. The van der Waals surface area contributed by atoms with Gasteiger partial charge in [-0.3, -0.25) is 0 Å². The first kappa shape index (κ1) is 10.0. The molecule has 0 bridgehead atoms. The first-order chi connectivity index (χ1) is 4.63. The van der Waals surface area contributed by atoms with Crippen LogP contribution in [0.1, 0.15) is 26.7 Å². The van der Waals surface area contributed by atoms with E-state index in [0.29, 0.717) is 19.4 Å². The summed E-state index contributed by atoms with van der Waals surface area (Å²) in [5, 5.41) is -0.532. The molecular weight excluding hydrogens is 149 g/mol. The molecule has 0 aliphatic rings. The number of hydrogen-bond acceptors (Lipinski definition) is 2. The highest BCUT2D eigenvalue weighted by molar-refractivity contribution is 7.40. The first-order valence-electron chi connectivity index (χ1n) is 3.49. The van der Waals surface area contributed by atoms with Crippen LogP contribution >= 0.6 is 8.03 Å². The third-order valence-electron chi connectivity index (χ3n) is 2.10. The third-order valence-corrected chi connectivity index (χ3v) is 3.73. The van der Waals surface area contributed by atoms with Gasteiger partial charge in [-0.1, -0.05) is 13.8 Å². The van der Waals surface area contributed by atoms with Crippen molar-refractivity contribution >= 4 is 8.03 Å². The maximum absolute atomic E-state index is 10.8. The van der Waals surface area contributed by atoms with Crippen molar-refractivity contribution in [3.8, 4) is 0 Å². The van der Waals surface area contributed by atoms with E-state index in [9.17, 15) is 4.57 Å². The van der Waals surface area contributed by atoms with Gasteiger partial charge in [0.1, 0.15) is 0 Å². The van der Waals surface area contributed by atoms with Gasteiger partial charge in [0.05, 0.1) is 0 Å². The summed E-state index contributed by atoms with van der Waals surface area (Å²) in [6.45, 7) is 4.07. The second kappa shape index (κ2) is 4.02. The highest BCUT2D eigenvalue weighted by Gasteiger charge is 2.44. The van der Waals surface area contributed by atoms with E-state index in [1.807, 2.05) is 13.8 Å². The molecule has 0 fully saturated rings. The topological polar surface area (TPSA) is 63.3 Å². The van der Waals surface area contributed by atoms with Crippen molar-refractivity contribution in [2.45, 2.75) is 31.8 Å². The minimum Gasteiger partial charge on any atom is -0.326 e. The molecule has 0 heterocycles. The molecular formula is C6H15NO2P+. The highest BCUT2D eigenvalue weighted by Crippen LogP contribution is 2.39. The predicted octanol–water partition coefficient (Wildman–Crippen LogP) is 1.24. The van der Waals surface area contributed by atoms with Gasteiger partial charge in [0, 0.05) is 6.54 Å². The molecule has 0 radical (unpaired) electrons. The third kappa shape index (κ3) is 1.75. The van der Waals surface area contributed by atoms with Crippen LogP contribution in [0.2, 0.25) is 0 Å². The maximum atomic E-state index is 10.8. The van der Waals surface area contributed by atoms with Crippen molar-refractivity contribution in [2.24, 2.45) is 5.73 Å². The Balaban J connectivity index is 4.31. The monoisotopic (exact) mass is 164 g/mol. The van der Waals surface area contributed by atoms with Crippen LogP contribution in [-0.4, -0.2) is 16.6 Å². The lowest BCUT2D eigenvalue weighted by molar-refractivity contribution is 0.428. The Bertz CT molecular complexity index is 115. The van der Waals surface area contributed by atoms with Gasteiger partial charge in [0.25, 0.3) is 0 Å². The molecule has 3 nitrogen and oxygen atoms in total. The molecule has 0 rings (SSSR count). The minimum absolute atomic E-state index is 0.297. The zero-order valence-corrected chi connectivity index (χ0v) is 7.40. The summed E-state index contributed by atoms with van der Waals surface area (Å²) >= 11 is 0. The Morgan fingerprint density at radius 1 is 1.50 bits per heavy atom. The fraction of sp³-hybridized carbons (Fsp3) is 1.00. The van der Waals surface area contributed by atoms with Crippen LogP contribution in [0.25, 0.3) is 0 Å². The van der Waals surface area contributed by atoms with E-state index in [2.05, 4.69) is 0 Å². The van der Waals surface area contributed by atoms with Crippen LogP contribution in [0.4, 0.5) is 0 Å². The van der Waals surface area contributed by atoms with Gasteiger partial charge in [-0.25, -0.2) is 0 Å². The second-order valence-electron chi connectivity index (χ2n) is 2.41. The lowest BCUT2D eigenvalue weighted by atomic mass is 10.0. The molecule has 4 heteroatoms. The number of rotatable bonds is 4. The van der Waals surface area contributed by atoms with Crippen LogP contribution < -0.4 is 5.73 Å². The van der Waals surface area contributed by atoms with E-state index >= 15 is 0 Å². The van der Waals surface area contributed by atoms with Crippen molar-refractivity contribution in [1.29, 1.82) is 0 Å². The zero-order chi connectivity index (χ0) is 8.20. The molecule has 0 aromatic carbocycles. The van der Waals surface area contributed by atoms with E-state index in [0.717, 1.165) is 0 Å². The van der Waals surface area contributed by atoms with Crippen LogP contribution in [0, 0.1) is 0 Å². The van der Waals surface area contributed by atoms with Gasteiger partial charge in [-0.05, 0) is 17.4 Å². The van der Waals surface area contributed by atoms with Crippen LogP contribution in [-0.2, 0) is 4.57 Å². The maximum Gasteiger partial charge on any atom is 0.513 e. The molecule has 0 aliphatic heterocycles. The molecule has 0 spiro atoms. The lowest BCUT2D eigenvalue weighted by Gasteiger charge is -2.14. The van der Waals surface area contributed by atoms with Crippen molar-refractivity contribution in [1.82, 2.24) is 0 Å². The summed E-state index contributed by atoms with van der Waals surface area (Å²) in [5.74, 6) is 0. The summed E-state index contributed by atoms with van der Waals surface area (Å²) < 4.78 is 10.8. The van der Waals surface area contributed by atoms with Crippen molar-refractivity contribution < 1.29 is 9.46 Å². The lowest BCUT2D eigenvalue weighted by Crippen LogP contribution is -2.32. The second-order valence-corrected chi connectivity index (χ2v) is 3.90. The normalized spacial score (nSPS) is 13.4. The van der Waals surface area contributed by atoms with Gasteiger partial charge in [-0.15, -0.1) is 0 Å². The fourth-order valence-corrected chi connectivity index (χ4v) is 1.58. The predicted molar refractivity (Wildman–Crippen MR) is 42.2 cm³/mol. The molecule has 10 heavy (non-hydrogen) atoms. The van der Waals surface area contributed by atoms with Crippen LogP contribution in [0.5, 0.6) is 0 Å². The minimum atomic E-state index is -2.12. The summed E-state index contributed by atoms with van der Waals surface area (Å²) in [6.07, 6.45) is 1.34. The Hall–Kier alpha value is 0.0200. The van der Waals surface area contributed by atoms with Crippen molar-refractivity contribution in [3.63, 3.8) is 0 Å². The van der Waals surface area contributed by atoms with E-state index in [4.69, 9.17) is 10.6 Å². The molecule has 3 N–H and O–H groups in total. The van der Waals surface area contributed by atoms with Gasteiger partial charge < -0.3 is 5.73 Å². The van der Waals surface area contributed by atoms with Crippen LogP contribution in [0.15, 0.2) is 0 Å². The van der Waals surface area contributed by atoms with E-state index in [1.54, 1.807) is 0 Å². The molecule has 1 unspecified atom stereocenters. The Kier molecular flexibility index (Phi) is 4.02. The molecule has 0 aromatic heterocycles. The van der Waals surface area contributed by atoms with Crippen molar-refractivity contribution in [3.05, 3.63) is 0 Å². The SMILES string of the molecule is CCC(CC)(CN)[P+](=O)O. The Morgan fingerprint density at radius 2 is 1.90 bits per heavy atom. The number of hydrogen-bond donors (Lipinski definition) is 2. The Labute approximate surface area is 62.5 Å². The Morgan fingerprint density at radius 3 is 1.90 bits per heavy atom. The van der Waals surface area contributed by atoms with Crippen molar-refractivity contribution in [2.75, 3.05) is 6.54 Å². The molecule has 0 aromatic rings. The van der Waals surface area contributed by atoms with Gasteiger partial charge in [0.2, 0.25) is 5.16 Å². The summed E-state index contributed by atoms with van der Waals surface area (Å²) in [4.78, 5) is 8.89. The molecule has 60 valence electrons. The summed E-state index contributed by atoms with van der Waals surface area (Å²) in [7, 11) is -2.12. The highest BCUT2D eigenvalue weighted by atomic mass is 31.1. The molecule has 1 atom stereocenters. The molecule has 0 amide bonds. The van der Waals surface area contributed by atoms with Crippen LogP contribution in [0.3, 0.4) is 0 Å². The largest absolute Gasteiger partial charge is 0.513 e. The van der Waals surface area contributed by atoms with Gasteiger partial charge in [-0.2, -0.15) is 4.89 Å². The van der Waals surface area contributed by atoms with Gasteiger partial charge >= 0.3 is 8.03 Å². The first-order valence-corrected chi connectivity index (χ1v) is 4.70. The summed E-state index contributed by atoms with van der Waals surface area (Å²) in [6, 6.07) is 0. The average Bonchev–Trinajstić information content (AvgIpc) is 1.92. The standard InChI is InChI=1S/C6H14NO2P/c1-3-6(4-2,5-7)10(8)9/h3-5,7H2,1-2H3/p+1. The average molecular weight is 164 g/mol. The van der Waals surface area contributed by atoms with Gasteiger partial charge in [0.15, 0.2) is 0 Å². The summed E-state index contributed by atoms with van der Waals surface area (Å²) in [5.41, 5.74) is 5.39. The molecule has 0 saturated carbocycles. The smallest absolute Gasteiger partial charge is 0.326 e. The zero-order valence-electron chi connectivity index (χ0n) is 6.50. The number of nitrogens with two attached hydrogens (primary N) is 1. The van der Waals surface area contributed by atoms with E-state index in [1.165, 1.54) is 0 Å². The molecule has 0 aliphatic carbocycles.